The van der Waals surface area contributed by atoms with Gasteiger partial charge in [-0.05, 0) is 30.0 Å². The first kappa shape index (κ1) is 16.5. The number of ether oxygens (including phenoxy) is 1. The molecule has 0 amide bonds. The second-order valence-electron chi connectivity index (χ2n) is 6.02. The van der Waals surface area contributed by atoms with Crippen LogP contribution in [0.5, 0.6) is 5.75 Å². The molecule has 110 valence electrons. The minimum Gasteiger partial charge on any atom is -0.493 e. The number of hydrogen-bond acceptors (Lipinski definition) is 3. The summed E-state index contributed by atoms with van der Waals surface area (Å²) < 4.78 is 5.88. The first-order valence-corrected chi connectivity index (χ1v) is 7.34. The fraction of sp³-hybridized carbons (Fsp3) is 0.588. The molecule has 1 rings (SSSR count). The maximum Gasteiger partial charge on any atom is 0.123 e. The van der Waals surface area contributed by atoms with E-state index in [0.717, 1.165) is 18.7 Å². The van der Waals surface area contributed by atoms with E-state index in [2.05, 4.69) is 45.1 Å². The van der Waals surface area contributed by atoms with Crippen LogP contribution in [0.2, 0.25) is 0 Å². The molecule has 0 radical (unpaired) electrons. The van der Waals surface area contributed by atoms with Crippen LogP contribution >= 0.6 is 0 Å². The van der Waals surface area contributed by atoms with Crippen molar-refractivity contribution in [3.05, 3.63) is 29.8 Å². The molecule has 1 aromatic rings. The summed E-state index contributed by atoms with van der Waals surface area (Å²) in [6.45, 7) is 10.1. The molecular weight excluding hydrogens is 248 g/mol. The Morgan fingerprint density at radius 3 is 2.60 bits per heavy atom. The largest absolute Gasteiger partial charge is 0.493 e. The van der Waals surface area contributed by atoms with Crippen molar-refractivity contribution in [3.63, 3.8) is 0 Å². The van der Waals surface area contributed by atoms with E-state index in [1.807, 2.05) is 18.2 Å². The second-order valence-corrected chi connectivity index (χ2v) is 6.02. The summed E-state index contributed by atoms with van der Waals surface area (Å²) in [4.78, 5) is 0. The lowest BCUT2D eigenvalue weighted by atomic mass is 9.86. The van der Waals surface area contributed by atoms with Crippen LogP contribution in [-0.4, -0.2) is 19.2 Å². The SMILES string of the molecule is CCCNC(C#N)CCOc1ccccc1C(C)(C)C. The Morgan fingerprint density at radius 2 is 2.00 bits per heavy atom. The van der Waals surface area contributed by atoms with Crippen LogP contribution in [0.1, 0.15) is 46.1 Å². The van der Waals surface area contributed by atoms with Crippen LogP contribution in [-0.2, 0) is 5.41 Å². The predicted octanol–water partition coefficient (Wildman–Crippen LogP) is 3.64. The molecule has 1 aromatic carbocycles. The molecule has 0 aliphatic carbocycles. The fourth-order valence-corrected chi connectivity index (χ4v) is 2.03. The van der Waals surface area contributed by atoms with Crippen molar-refractivity contribution in [2.75, 3.05) is 13.2 Å². The van der Waals surface area contributed by atoms with Gasteiger partial charge in [0, 0.05) is 6.42 Å². The highest BCUT2D eigenvalue weighted by Crippen LogP contribution is 2.30. The smallest absolute Gasteiger partial charge is 0.123 e. The number of para-hydroxylation sites is 1. The van der Waals surface area contributed by atoms with Crippen molar-refractivity contribution in [1.29, 1.82) is 5.26 Å². The van der Waals surface area contributed by atoms with E-state index in [1.165, 1.54) is 5.56 Å². The van der Waals surface area contributed by atoms with E-state index in [9.17, 15) is 0 Å². The molecule has 0 saturated heterocycles. The molecule has 0 heterocycles. The molecule has 1 N–H and O–H groups in total. The van der Waals surface area contributed by atoms with Crippen LogP contribution in [0.25, 0.3) is 0 Å². The Hall–Kier alpha value is -1.53. The van der Waals surface area contributed by atoms with Crippen molar-refractivity contribution in [1.82, 2.24) is 5.32 Å². The zero-order chi connectivity index (χ0) is 15.0. The third-order valence-corrected chi connectivity index (χ3v) is 3.16. The Kier molecular flexibility index (Phi) is 6.54. The Balaban J connectivity index is 2.56. The normalized spacial score (nSPS) is 12.8. The molecule has 3 nitrogen and oxygen atoms in total. The van der Waals surface area contributed by atoms with Crippen molar-refractivity contribution >= 4 is 0 Å². The van der Waals surface area contributed by atoms with Gasteiger partial charge in [-0.2, -0.15) is 5.26 Å². The molecule has 0 fully saturated rings. The molecule has 0 saturated carbocycles. The summed E-state index contributed by atoms with van der Waals surface area (Å²) in [5, 5.41) is 12.3. The van der Waals surface area contributed by atoms with E-state index in [0.29, 0.717) is 13.0 Å². The van der Waals surface area contributed by atoms with E-state index >= 15 is 0 Å². The zero-order valence-electron chi connectivity index (χ0n) is 13.1. The molecule has 1 atom stereocenters. The van der Waals surface area contributed by atoms with E-state index in [-0.39, 0.29) is 11.5 Å². The van der Waals surface area contributed by atoms with Gasteiger partial charge in [0.1, 0.15) is 5.75 Å². The van der Waals surface area contributed by atoms with E-state index < -0.39 is 0 Å². The van der Waals surface area contributed by atoms with Crippen molar-refractivity contribution in [2.24, 2.45) is 0 Å². The number of benzene rings is 1. The van der Waals surface area contributed by atoms with Gasteiger partial charge >= 0.3 is 0 Å². The van der Waals surface area contributed by atoms with Crippen molar-refractivity contribution in [2.45, 2.75) is 52.0 Å². The molecule has 0 aromatic heterocycles. The standard InChI is InChI=1S/C17H26N2O/c1-5-11-19-14(13-18)10-12-20-16-9-7-6-8-15(16)17(2,3)4/h6-9,14,19H,5,10-12H2,1-4H3. The Labute approximate surface area is 123 Å². The maximum atomic E-state index is 9.07. The summed E-state index contributed by atoms with van der Waals surface area (Å²) >= 11 is 0. The lowest BCUT2D eigenvalue weighted by molar-refractivity contribution is 0.290. The van der Waals surface area contributed by atoms with Gasteiger partial charge in [0.2, 0.25) is 0 Å². The monoisotopic (exact) mass is 274 g/mol. The van der Waals surface area contributed by atoms with Gasteiger partial charge in [-0.15, -0.1) is 0 Å². The van der Waals surface area contributed by atoms with E-state index in [1.54, 1.807) is 0 Å². The van der Waals surface area contributed by atoms with Crippen LogP contribution in [0, 0.1) is 11.3 Å². The molecular formula is C17H26N2O. The molecule has 0 aliphatic rings. The number of rotatable bonds is 7. The lowest BCUT2D eigenvalue weighted by Gasteiger charge is -2.23. The van der Waals surface area contributed by atoms with Crippen LogP contribution in [0.4, 0.5) is 0 Å². The van der Waals surface area contributed by atoms with Gasteiger partial charge in [0.25, 0.3) is 0 Å². The van der Waals surface area contributed by atoms with Crippen molar-refractivity contribution < 1.29 is 4.74 Å². The van der Waals surface area contributed by atoms with Gasteiger partial charge in [0.05, 0.1) is 18.7 Å². The van der Waals surface area contributed by atoms with Gasteiger partial charge in [-0.1, -0.05) is 45.9 Å². The summed E-state index contributed by atoms with van der Waals surface area (Å²) in [6.07, 6.45) is 1.74. The summed E-state index contributed by atoms with van der Waals surface area (Å²) in [5.74, 6) is 0.923. The number of nitrogens with one attached hydrogen (secondary N) is 1. The molecule has 0 spiro atoms. The highest BCUT2D eigenvalue weighted by Gasteiger charge is 2.18. The Bertz CT molecular complexity index is 443. The first-order chi connectivity index (χ1) is 9.49. The summed E-state index contributed by atoms with van der Waals surface area (Å²) in [5.41, 5.74) is 1.26. The average Bonchev–Trinajstić information content (AvgIpc) is 2.42. The summed E-state index contributed by atoms with van der Waals surface area (Å²) in [7, 11) is 0. The minimum absolute atomic E-state index is 0.0612. The molecule has 0 bridgehead atoms. The average molecular weight is 274 g/mol. The lowest BCUT2D eigenvalue weighted by Crippen LogP contribution is -2.30. The van der Waals surface area contributed by atoms with Crippen LogP contribution in [0.3, 0.4) is 0 Å². The zero-order valence-corrected chi connectivity index (χ0v) is 13.1. The number of nitriles is 1. The highest BCUT2D eigenvalue weighted by molar-refractivity contribution is 5.38. The quantitative estimate of drug-likeness (QED) is 0.825. The maximum absolute atomic E-state index is 9.07. The first-order valence-electron chi connectivity index (χ1n) is 7.34. The van der Waals surface area contributed by atoms with Crippen LogP contribution in [0.15, 0.2) is 24.3 Å². The minimum atomic E-state index is -0.128. The van der Waals surface area contributed by atoms with E-state index in [4.69, 9.17) is 10.00 Å². The number of hydrogen-bond donors (Lipinski definition) is 1. The summed E-state index contributed by atoms with van der Waals surface area (Å²) in [6, 6.07) is 10.3. The molecule has 1 unspecified atom stereocenters. The van der Waals surface area contributed by atoms with Gasteiger partial charge < -0.3 is 10.1 Å². The third-order valence-electron chi connectivity index (χ3n) is 3.16. The second kappa shape index (κ2) is 7.91. The highest BCUT2D eigenvalue weighted by atomic mass is 16.5. The van der Waals surface area contributed by atoms with Gasteiger partial charge in [0.15, 0.2) is 0 Å². The third kappa shape index (κ3) is 5.22. The van der Waals surface area contributed by atoms with Gasteiger partial charge in [-0.3, -0.25) is 0 Å². The topological polar surface area (TPSA) is 45.0 Å². The van der Waals surface area contributed by atoms with Crippen molar-refractivity contribution in [3.8, 4) is 11.8 Å². The molecule has 0 aliphatic heterocycles. The van der Waals surface area contributed by atoms with Crippen LogP contribution < -0.4 is 10.1 Å². The number of nitrogens with zero attached hydrogens (tertiary/aromatic N) is 1. The predicted molar refractivity (Wildman–Crippen MR) is 82.9 cm³/mol. The molecule has 20 heavy (non-hydrogen) atoms. The Morgan fingerprint density at radius 1 is 1.30 bits per heavy atom. The molecule has 3 heteroatoms. The fourth-order valence-electron chi connectivity index (χ4n) is 2.03. The van der Waals surface area contributed by atoms with Gasteiger partial charge in [-0.25, -0.2) is 0 Å².